The van der Waals surface area contributed by atoms with Crippen LogP contribution in [0.2, 0.25) is 0 Å². The maximum Gasteiger partial charge on any atom is 0.271 e. The Kier molecular flexibility index (Phi) is 4.09. The number of benzene rings is 2. The van der Waals surface area contributed by atoms with Gasteiger partial charge in [-0.3, -0.25) is 15.0 Å². The first-order chi connectivity index (χ1) is 12.3. The molecule has 0 amide bonds. The Hall–Kier alpha value is -3.27. The number of H-pyrrole nitrogens is 3. The molecule has 0 aliphatic rings. The summed E-state index contributed by atoms with van der Waals surface area (Å²) in [4.78, 5) is 15.4. The van der Waals surface area contributed by atoms with Crippen molar-refractivity contribution >= 4 is 23.1 Å². The fraction of sp³-hybridized carbons (Fsp3) is 0.0952. The molecule has 0 saturated carbocycles. The Labute approximate surface area is 144 Å². The van der Waals surface area contributed by atoms with Crippen LogP contribution in [0.4, 0.5) is 0 Å². The molecule has 124 valence electrons. The minimum atomic E-state index is -0.101. The number of aromatic amines is 3. The molecule has 0 bridgehead atoms. The van der Waals surface area contributed by atoms with Gasteiger partial charge in [-0.05, 0) is 30.5 Å². The number of aryl methyl sites for hydroxylation is 1. The van der Waals surface area contributed by atoms with Crippen LogP contribution in [-0.4, -0.2) is 15.2 Å². The number of nitrogens with one attached hydrogen (secondary N) is 3. The van der Waals surface area contributed by atoms with Gasteiger partial charge in [-0.2, -0.15) is 0 Å². The monoisotopic (exact) mass is 329 g/mol. The van der Waals surface area contributed by atoms with E-state index in [0.717, 1.165) is 34.7 Å². The van der Waals surface area contributed by atoms with Gasteiger partial charge in [-0.15, -0.1) is 0 Å². The summed E-state index contributed by atoms with van der Waals surface area (Å²) in [5.41, 5.74) is 3.27. The lowest BCUT2D eigenvalue weighted by atomic mass is 10.1. The molecular weight excluding hydrogens is 310 g/mol. The van der Waals surface area contributed by atoms with Gasteiger partial charge in [-0.25, -0.2) is 0 Å². The summed E-state index contributed by atoms with van der Waals surface area (Å²) in [6, 6.07) is 18.4. The smallest absolute Gasteiger partial charge is 0.271 e. The van der Waals surface area contributed by atoms with Crippen molar-refractivity contribution in [2.45, 2.75) is 12.8 Å². The predicted molar refractivity (Wildman–Crippen MR) is 102 cm³/mol. The van der Waals surface area contributed by atoms with Crippen LogP contribution in [-0.2, 0) is 6.42 Å². The highest BCUT2D eigenvalue weighted by molar-refractivity contribution is 5.88. The normalized spacial score (nSPS) is 13.0. The van der Waals surface area contributed by atoms with Crippen molar-refractivity contribution in [3.8, 4) is 0 Å². The number of hydrogen-bond acceptors (Lipinski definition) is 1. The van der Waals surface area contributed by atoms with Gasteiger partial charge in [0.25, 0.3) is 5.56 Å². The Morgan fingerprint density at radius 2 is 1.72 bits per heavy atom. The van der Waals surface area contributed by atoms with Crippen LogP contribution in [0.15, 0.2) is 65.6 Å². The minimum absolute atomic E-state index is 0.101. The minimum Gasteiger partial charge on any atom is -0.361 e. The van der Waals surface area contributed by atoms with E-state index in [1.165, 1.54) is 5.56 Å². The maximum absolute atomic E-state index is 12.2. The molecule has 4 heteroatoms. The van der Waals surface area contributed by atoms with E-state index in [9.17, 15) is 4.79 Å². The molecular formula is C21H19N3O. The Bertz CT molecular complexity index is 1160. The molecule has 0 spiro atoms. The molecule has 0 saturated heterocycles. The Balaban J connectivity index is 1.70. The number of rotatable bonds is 4. The third-order valence-corrected chi connectivity index (χ3v) is 4.39. The average molecular weight is 329 g/mol. The van der Waals surface area contributed by atoms with Crippen LogP contribution in [0, 0.1) is 0 Å². The number of para-hydroxylation sites is 1. The van der Waals surface area contributed by atoms with Crippen LogP contribution < -0.4 is 16.1 Å². The van der Waals surface area contributed by atoms with E-state index in [1.807, 2.05) is 48.7 Å². The lowest BCUT2D eigenvalue weighted by molar-refractivity contribution is 1.00. The molecule has 0 unspecified atom stereocenters. The predicted octanol–water partition coefficient (Wildman–Crippen LogP) is 2.43. The second kappa shape index (κ2) is 6.69. The lowest BCUT2D eigenvalue weighted by Gasteiger charge is -1.95. The molecule has 25 heavy (non-hydrogen) atoms. The first-order valence-corrected chi connectivity index (χ1v) is 8.40. The standard InChI is InChI=1S/C21H19N3O/c25-21-18(13-16-14-22-19-11-5-4-10-17(16)19)20(23-24-21)12-6-9-15-7-2-1-3-8-15/h1-5,7-8,10-14,22-23H,6,9H2,(H,24,25). The van der Waals surface area contributed by atoms with E-state index in [-0.39, 0.29) is 5.56 Å². The molecule has 0 atom stereocenters. The highest BCUT2D eigenvalue weighted by Crippen LogP contribution is 2.17. The highest BCUT2D eigenvalue weighted by Gasteiger charge is 2.02. The van der Waals surface area contributed by atoms with Gasteiger partial charge in [-0.1, -0.05) is 54.6 Å². The second-order valence-electron chi connectivity index (χ2n) is 6.07. The van der Waals surface area contributed by atoms with E-state index in [1.54, 1.807) is 0 Å². The SMILES string of the molecule is O=c1[nH][nH]c(=CCCc2ccccc2)c1=Cc1c[nH]c2ccccc12. The number of fused-ring (bicyclic) bond motifs is 1. The zero-order valence-corrected chi connectivity index (χ0v) is 13.8. The highest BCUT2D eigenvalue weighted by atomic mass is 16.1. The van der Waals surface area contributed by atoms with E-state index in [4.69, 9.17) is 0 Å². The van der Waals surface area contributed by atoms with Crippen LogP contribution in [0.3, 0.4) is 0 Å². The second-order valence-corrected chi connectivity index (χ2v) is 6.07. The largest absolute Gasteiger partial charge is 0.361 e. The molecule has 4 nitrogen and oxygen atoms in total. The summed E-state index contributed by atoms with van der Waals surface area (Å²) in [5.74, 6) is 0. The van der Waals surface area contributed by atoms with Crippen molar-refractivity contribution in [3.05, 3.63) is 92.8 Å². The summed E-state index contributed by atoms with van der Waals surface area (Å²) in [6.45, 7) is 0. The van der Waals surface area contributed by atoms with Crippen molar-refractivity contribution in [2.75, 3.05) is 0 Å². The molecule has 2 aromatic carbocycles. The van der Waals surface area contributed by atoms with E-state index < -0.39 is 0 Å². The molecule has 4 aromatic rings. The van der Waals surface area contributed by atoms with Gasteiger partial charge in [0.05, 0.1) is 10.6 Å². The summed E-state index contributed by atoms with van der Waals surface area (Å²) < 4.78 is 0. The van der Waals surface area contributed by atoms with Crippen molar-refractivity contribution in [3.63, 3.8) is 0 Å². The average Bonchev–Trinajstić information content (AvgIpc) is 3.21. The van der Waals surface area contributed by atoms with Crippen molar-refractivity contribution in [1.82, 2.24) is 15.2 Å². The Morgan fingerprint density at radius 3 is 2.60 bits per heavy atom. The van der Waals surface area contributed by atoms with Crippen molar-refractivity contribution in [1.29, 1.82) is 0 Å². The molecule has 0 aliphatic carbocycles. The quantitative estimate of drug-likeness (QED) is 0.529. The zero-order valence-electron chi connectivity index (χ0n) is 13.8. The lowest BCUT2D eigenvalue weighted by Crippen LogP contribution is -2.33. The number of hydrogen-bond donors (Lipinski definition) is 3. The fourth-order valence-electron chi connectivity index (χ4n) is 3.08. The third kappa shape index (κ3) is 3.19. The zero-order chi connectivity index (χ0) is 17.1. The van der Waals surface area contributed by atoms with Crippen LogP contribution in [0.25, 0.3) is 23.1 Å². The first-order valence-electron chi connectivity index (χ1n) is 8.40. The first kappa shape index (κ1) is 15.3. The van der Waals surface area contributed by atoms with Gasteiger partial charge in [0.2, 0.25) is 0 Å². The van der Waals surface area contributed by atoms with Gasteiger partial charge in [0.15, 0.2) is 0 Å². The van der Waals surface area contributed by atoms with Crippen LogP contribution in [0.1, 0.15) is 17.5 Å². The maximum atomic E-state index is 12.2. The number of aromatic nitrogens is 3. The van der Waals surface area contributed by atoms with E-state index in [2.05, 4.69) is 39.5 Å². The third-order valence-electron chi connectivity index (χ3n) is 4.39. The molecule has 2 aromatic heterocycles. The van der Waals surface area contributed by atoms with Crippen molar-refractivity contribution in [2.24, 2.45) is 0 Å². The molecule has 0 fully saturated rings. The molecule has 3 N–H and O–H groups in total. The topological polar surface area (TPSA) is 64.4 Å². The van der Waals surface area contributed by atoms with Gasteiger partial charge in [0.1, 0.15) is 0 Å². The fourth-order valence-corrected chi connectivity index (χ4v) is 3.08. The van der Waals surface area contributed by atoms with Gasteiger partial charge in [0, 0.05) is 22.7 Å². The van der Waals surface area contributed by atoms with Gasteiger partial charge >= 0.3 is 0 Å². The summed E-state index contributed by atoms with van der Waals surface area (Å²) in [7, 11) is 0. The van der Waals surface area contributed by atoms with Crippen LogP contribution >= 0.6 is 0 Å². The van der Waals surface area contributed by atoms with Crippen molar-refractivity contribution < 1.29 is 0 Å². The summed E-state index contributed by atoms with van der Waals surface area (Å²) >= 11 is 0. The molecule has 0 radical (unpaired) electrons. The molecule has 4 rings (SSSR count). The molecule has 0 aliphatic heterocycles. The summed E-state index contributed by atoms with van der Waals surface area (Å²) in [5, 5.41) is 8.29. The Morgan fingerprint density at radius 1 is 0.920 bits per heavy atom. The van der Waals surface area contributed by atoms with E-state index in [0.29, 0.717) is 5.22 Å². The van der Waals surface area contributed by atoms with Gasteiger partial charge < -0.3 is 4.98 Å². The van der Waals surface area contributed by atoms with Crippen LogP contribution in [0.5, 0.6) is 0 Å². The van der Waals surface area contributed by atoms with E-state index >= 15 is 0 Å². The summed E-state index contributed by atoms with van der Waals surface area (Å²) in [6.07, 6.45) is 7.76. The molecule has 2 heterocycles.